The van der Waals surface area contributed by atoms with Gasteiger partial charge in [0.2, 0.25) is 5.91 Å². The van der Waals surface area contributed by atoms with E-state index < -0.39 is 0 Å². The first-order valence-corrected chi connectivity index (χ1v) is 8.89. The van der Waals surface area contributed by atoms with Crippen molar-refractivity contribution in [1.82, 2.24) is 14.5 Å². The third-order valence-corrected chi connectivity index (χ3v) is 5.59. The molecule has 7 heteroatoms. The quantitative estimate of drug-likeness (QED) is 0.751. The minimum absolute atomic E-state index is 0.0922. The first-order valence-electron chi connectivity index (χ1n) is 8.89. The Hall–Kier alpha value is -1.44. The molecule has 1 spiro atoms. The van der Waals surface area contributed by atoms with Gasteiger partial charge in [-0.1, -0.05) is 0 Å². The zero-order valence-electron chi connectivity index (χ0n) is 14.1. The highest BCUT2D eigenvalue weighted by atomic mass is 16.5. The third kappa shape index (κ3) is 3.48. The Morgan fingerprint density at radius 3 is 2.83 bits per heavy atom. The molecular formula is C17H28N4O3. The first kappa shape index (κ1) is 17.4. The van der Waals surface area contributed by atoms with E-state index >= 15 is 0 Å². The zero-order valence-corrected chi connectivity index (χ0v) is 14.1. The SMILES string of the molecule is NCCO[C@H]1C[C@@H](O)C12CCN(C(=O)CCCn1ccnc1)CC2. The number of ether oxygens (including phenoxy) is 1. The molecule has 0 bridgehead atoms. The van der Waals surface area contributed by atoms with Crippen LogP contribution in [-0.2, 0) is 16.1 Å². The summed E-state index contributed by atoms with van der Waals surface area (Å²) in [6.07, 6.45) is 8.92. The molecule has 134 valence electrons. The number of aryl methyl sites for hydroxylation is 1. The molecule has 1 aromatic heterocycles. The summed E-state index contributed by atoms with van der Waals surface area (Å²) in [6.45, 7) is 3.28. The predicted molar refractivity (Wildman–Crippen MR) is 89.1 cm³/mol. The topological polar surface area (TPSA) is 93.6 Å². The molecule has 1 aliphatic carbocycles. The number of aliphatic hydroxyl groups excluding tert-OH is 1. The van der Waals surface area contributed by atoms with Crippen LogP contribution in [0.4, 0.5) is 0 Å². The smallest absolute Gasteiger partial charge is 0.222 e. The van der Waals surface area contributed by atoms with Gasteiger partial charge in [-0.15, -0.1) is 0 Å². The van der Waals surface area contributed by atoms with E-state index in [0.29, 0.717) is 39.1 Å². The number of aliphatic hydroxyl groups is 1. The van der Waals surface area contributed by atoms with Crippen molar-refractivity contribution in [2.75, 3.05) is 26.2 Å². The van der Waals surface area contributed by atoms with Crippen LogP contribution >= 0.6 is 0 Å². The number of piperidine rings is 1. The average molecular weight is 336 g/mol. The molecule has 2 atom stereocenters. The first-order chi connectivity index (χ1) is 11.7. The Bertz CT molecular complexity index is 526. The molecule has 3 rings (SSSR count). The van der Waals surface area contributed by atoms with Crippen molar-refractivity contribution in [3.8, 4) is 0 Å². The second-order valence-electron chi connectivity index (χ2n) is 6.92. The molecule has 24 heavy (non-hydrogen) atoms. The van der Waals surface area contributed by atoms with E-state index in [-0.39, 0.29) is 23.5 Å². The zero-order chi connectivity index (χ0) is 17.0. The van der Waals surface area contributed by atoms with Gasteiger partial charge in [-0.3, -0.25) is 4.79 Å². The van der Waals surface area contributed by atoms with Gasteiger partial charge in [-0.25, -0.2) is 4.98 Å². The van der Waals surface area contributed by atoms with E-state index in [0.717, 1.165) is 25.8 Å². The van der Waals surface area contributed by atoms with E-state index in [9.17, 15) is 9.90 Å². The number of rotatable bonds is 7. The van der Waals surface area contributed by atoms with Gasteiger partial charge < -0.3 is 25.0 Å². The summed E-state index contributed by atoms with van der Waals surface area (Å²) in [5.41, 5.74) is 5.34. The number of amides is 1. The Labute approximate surface area is 142 Å². The van der Waals surface area contributed by atoms with Crippen molar-refractivity contribution in [3.05, 3.63) is 18.7 Å². The highest BCUT2D eigenvalue weighted by molar-refractivity contribution is 5.76. The standard InChI is InChI=1S/C17H28N4O3/c18-5-11-24-15-12-14(22)17(15)3-8-21(9-4-17)16(23)2-1-7-20-10-6-19-13-20/h6,10,13-15,22H,1-5,7-9,11-12,18H2/t14-,15+/m1/s1. The normalized spacial score (nSPS) is 25.7. The highest BCUT2D eigenvalue weighted by Crippen LogP contribution is 2.50. The van der Waals surface area contributed by atoms with E-state index in [1.807, 2.05) is 15.7 Å². The second kappa shape index (κ2) is 7.63. The molecule has 0 unspecified atom stereocenters. The van der Waals surface area contributed by atoms with E-state index in [2.05, 4.69) is 4.98 Å². The molecule has 2 aliphatic rings. The Morgan fingerprint density at radius 2 is 2.21 bits per heavy atom. The fourth-order valence-electron chi connectivity index (χ4n) is 3.99. The number of carbonyl (C=O) groups excluding carboxylic acids is 1. The van der Waals surface area contributed by atoms with Crippen LogP contribution in [0, 0.1) is 5.41 Å². The van der Waals surface area contributed by atoms with Crippen LogP contribution < -0.4 is 5.73 Å². The maximum atomic E-state index is 12.4. The number of imidazole rings is 1. The molecule has 0 aromatic carbocycles. The summed E-state index contributed by atoms with van der Waals surface area (Å²) in [4.78, 5) is 18.3. The fourth-order valence-corrected chi connectivity index (χ4v) is 3.99. The maximum Gasteiger partial charge on any atom is 0.222 e. The van der Waals surface area contributed by atoms with E-state index in [4.69, 9.17) is 10.5 Å². The summed E-state index contributed by atoms with van der Waals surface area (Å²) in [6, 6.07) is 0. The third-order valence-electron chi connectivity index (χ3n) is 5.59. The number of hydrogen-bond acceptors (Lipinski definition) is 5. The van der Waals surface area contributed by atoms with Crippen molar-refractivity contribution >= 4 is 5.91 Å². The van der Waals surface area contributed by atoms with Gasteiger partial charge in [0.05, 0.1) is 25.1 Å². The molecule has 3 N–H and O–H groups in total. The maximum absolute atomic E-state index is 12.4. The lowest BCUT2D eigenvalue weighted by Crippen LogP contribution is -2.62. The van der Waals surface area contributed by atoms with Crippen molar-refractivity contribution in [2.45, 2.75) is 50.9 Å². The van der Waals surface area contributed by atoms with Gasteiger partial charge in [0.15, 0.2) is 0 Å². The molecule has 1 saturated heterocycles. The van der Waals surface area contributed by atoms with Crippen molar-refractivity contribution in [1.29, 1.82) is 0 Å². The number of likely N-dealkylation sites (tertiary alicyclic amines) is 1. The van der Waals surface area contributed by atoms with Crippen molar-refractivity contribution in [2.24, 2.45) is 11.1 Å². The summed E-state index contributed by atoms with van der Waals surface area (Å²) < 4.78 is 7.78. The Kier molecular flexibility index (Phi) is 5.53. The molecule has 2 heterocycles. The largest absolute Gasteiger partial charge is 0.392 e. The fraction of sp³-hybridized carbons (Fsp3) is 0.765. The van der Waals surface area contributed by atoms with Crippen LogP contribution in [0.5, 0.6) is 0 Å². The van der Waals surface area contributed by atoms with E-state index in [1.54, 1.807) is 12.5 Å². The van der Waals surface area contributed by atoms with Crippen molar-refractivity contribution in [3.63, 3.8) is 0 Å². The Morgan fingerprint density at radius 1 is 1.42 bits per heavy atom. The van der Waals surface area contributed by atoms with Crippen LogP contribution in [-0.4, -0.2) is 63.9 Å². The van der Waals surface area contributed by atoms with Gasteiger partial charge in [-0.2, -0.15) is 0 Å². The summed E-state index contributed by atoms with van der Waals surface area (Å²) >= 11 is 0. The molecule has 1 amide bonds. The number of nitrogens with two attached hydrogens (primary N) is 1. The molecule has 0 radical (unpaired) electrons. The predicted octanol–water partition coefficient (Wildman–Crippen LogP) is 0.381. The summed E-state index contributed by atoms with van der Waals surface area (Å²) in [7, 11) is 0. The number of carbonyl (C=O) groups is 1. The number of hydrogen-bond donors (Lipinski definition) is 2. The summed E-state index contributed by atoms with van der Waals surface area (Å²) in [5.74, 6) is 0.207. The van der Waals surface area contributed by atoms with Crippen LogP contribution in [0.3, 0.4) is 0 Å². The minimum Gasteiger partial charge on any atom is -0.392 e. The molecule has 1 aliphatic heterocycles. The second-order valence-corrected chi connectivity index (χ2v) is 6.92. The monoisotopic (exact) mass is 336 g/mol. The minimum atomic E-state index is -0.307. The lowest BCUT2D eigenvalue weighted by atomic mass is 9.58. The molecule has 7 nitrogen and oxygen atoms in total. The number of nitrogens with zero attached hydrogens (tertiary/aromatic N) is 3. The van der Waals surface area contributed by atoms with Gasteiger partial charge >= 0.3 is 0 Å². The molecule has 1 aromatic rings. The van der Waals surface area contributed by atoms with Crippen LogP contribution in [0.1, 0.15) is 32.1 Å². The van der Waals surface area contributed by atoms with Crippen LogP contribution in [0.2, 0.25) is 0 Å². The van der Waals surface area contributed by atoms with Gasteiger partial charge in [0.25, 0.3) is 0 Å². The average Bonchev–Trinajstić information content (AvgIpc) is 3.12. The van der Waals surface area contributed by atoms with Gasteiger partial charge in [-0.05, 0) is 19.3 Å². The number of aromatic nitrogens is 2. The highest BCUT2D eigenvalue weighted by Gasteiger charge is 2.56. The van der Waals surface area contributed by atoms with Gasteiger partial charge in [0.1, 0.15) is 0 Å². The Balaban J connectivity index is 1.43. The van der Waals surface area contributed by atoms with E-state index in [1.165, 1.54) is 0 Å². The lowest BCUT2D eigenvalue weighted by Gasteiger charge is -2.56. The molecule has 1 saturated carbocycles. The van der Waals surface area contributed by atoms with Crippen molar-refractivity contribution < 1.29 is 14.6 Å². The van der Waals surface area contributed by atoms with Gasteiger partial charge in [0, 0.05) is 56.8 Å². The lowest BCUT2D eigenvalue weighted by molar-refractivity contribution is -0.210. The molecule has 2 fully saturated rings. The van der Waals surface area contributed by atoms with Crippen LogP contribution in [0.15, 0.2) is 18.7 Å². The molecular weight excluding hydrogens is 308 g/mol. The summed E-state index contributed by atoms with van der Waals surface area (Å²) in [5, 5.41) is 10.2. The van der Waals surface area contributed by atoms with Crippen LogP contribution in [0.25, 0.3) is 0 Å².